The third-order valence-corrected chi connectivity index (χ3v) is 5.42. The molecule has 11 nitrogen and oxygen atoms in total. The van der Waals surface area contributed by atoms with Crippen LogP contribution in [0.15, 0.2) is 30.7 Å². The Hall–Kier alpha value is -3.28. The molecule has 0 bridgehead atoms. The van der Waals surface area contributed by atoms with Crippen LogP contribution in [0.2, 0.25) is 0 Å². The first kappa shape index (κ1) is 20.0. The minimum atomic E-state index is -1.18. The highest BCUT2D eigenvalue weighted by molar-refractivity contribution is 6.05. The van der Waals surface area contributed by atoms with E-state index in [0.717, 1.165) is 0 Å². The van der Waals surface area contributed by atoms with Gasteiger partial charge in [0.1, 0.15) is 17.9 Å². The van der Waals surface area contributed by atoms with E-state index in [2.05, 4.69) is 20.4 Å². The third kappa shape index (κ3) is 3.32. The van der Waals surface area contributed by atoms with Crippen molar-refractivity contribution >= 4 is 17.2 Å². The van der Waals surface area contributed by atoms with E-state index in [1.807, 2.05) is 0 Å². The third-order valence-electron chi connectivity index (χ3n) is 5.42. The summed E-state index contributed by atoms with van der Waals surface area (Å²) in [5.41, 5.74) is 7.83. The smallest absolute Gasteiger partial charge is 0.254 e. The molecule has 0 aliphatic heterocycles. The number of anilines is 1. The molecule has 0 spiro atoms. The summed E-state index contributed by atoms with van der Waals surface area (Å²) in [7, 11) is 1.50. The van der Waals surface area contributed by atoms with Gasteiger partial charge in [0.15, 0.2) is 5.82 Å². The number of carbonyl (C=O) groups is 1. The molecular formula is C19H22N6O5. The molecule has 3 aromatic heterocycles. The van der Waals surface area contributed by atoms with Gasteiger partial charge < -0.3 is 31.1 Å². The van der Waals surface area contributed by atoms with Crippen molar-refractivity contribution in [3.05, 3.63) is 36.3 Å². The van der Waals surface area contributed by atoms with Crippen molar-refractivity contribution < 1.29 is 24.9 Å². The molecule has 11 heteroatoms. The van der Waals surface area contributed by atoms with Gasteiger partial charge in [0, 0.05) is 30.4 Å². The van der Waals surface area contributed by atoms with Crippen LogP contribution in [-0.4, -0.2) is 72.8 Å². The van der Waals surface area contributed by atoms with Crippen LogP contribution in [0.3, 0.4) is 0 Å². The van der Waals surface area contributed by atoms with E-state index in [4.69, 9.17) is 10.5 Å². The first-order valence-electron chi connectivity index (χ1n) is 9.35. The van der Waals surface area contributed by atoms with E-state index in [9.17, 15) is 20.1 Å². The minimum absolute atomic E-state index is 0.114. The summed E-state index contributed by atoms with van der Waals surface area (Å²) in [5.74, 6) is -0.503. The van der Waals surface area contributed by atoms with Gasteiger partial charge in [-0.3, -0.25) is 4.79 Å². The molecule has 1 fully saturated rings. The van der Waals surface area contributed by atoms with Gasteiger partial charge in [-0.1, -0.05) is 0 Å². The number of ether oxygens (including phenoxy) is 1. The second-order valence-electron chi connectivity index (χ2n) is 7.18. The molecule has 1 aliphatic carbocycles. The van der Waals surface area contributed by atoms with Crippen molar-refractivity contribution in [2.45, 2.75) is 24.7 Å². The second-order valence-corrected chi connectivity index (χ2v) is 7.18. The number of aliphatic hydroxyl groups is 3. The standard InChI is InChI=1S/C19H22N6O5/c1-30-14-5-9(2-3-21-14)13-6-11(15-18(20)22-8-23-25(13)15)19(29)24-12-4-10(7-26)16(27)17(12)28/h2-3,5-6,8,10,12,16-17,26-28H,4,7H2,1H3,(H,24,29)(H2,20,22,23)/t10-,12-,16-,17+/m1/s1. The quantitative estimate of drug-likeness (QED) is 0.359. The first-order valence-corrected chi connectivity index (χ1v) is 9.35. The Morgan fingerprint density at radius 1 is 1.33 bits per heavy atom. The molecule has 30 heavy (non-hydrogen) atoms. The molecule has 0 radical (unpaired) electrons. The van der Waals surface area contributed by atoms with Crippen molar-refractivity contribution in [2.75, 3.05) is 19.5 Å². The zero-order chi connectivity index (χ0) is 21.4. The number of hydrogen-bond donors (Lipinski definition) is 5. The zero-order valence-corrected chi connectivity index (χ0v) is 16.1. The summed E-state index contributed by atoms with van der Waals surface area (Å²) in [5, 5.41) is 36.5. The molecule has 158 valence electrons. The lowest BCUT2D eigenvalue weighted by Crippen LogP contribution is -2.43. The van der Waals surface area contributed by atoms with Gasteiger partial charge in [0.2, 0.25) is 5.88 Å². The van der Waals surface area contributed by atoms with E-state index >= 15 is 0 Å². The number of nitrogens with one attached hydrogen (secondary N) is 1. The molecule has 4 atom stereocenters. The number of methoxy groups -OCH3 is 1. The maximum absolute atomic E-state index is 13.1. The SMILES string of the molecule is COc1cc(-c2cc(C(=O)N[C@@H]3C[C@H](CO)[C@@H](O)[C@H]3O)c3c(N)ncnn23)ccn1. The van der Waals surface area contributed by atoms with E-state index in [-0.39, 0.29) is 24.4 Å². The maximum Gasteiger partial charge on any atom is 0.254 e. The van der Waals surface area contributed by atoms with Gasteiger partial charge >= 0.3 is 0 Å². The van der Waals surface area contributed by atoms with E-state index in [1.165, 1.54) is 18.0 Å². The summed E-state index contributed by atoms with van der Waals surface area (Å²) < 4.78 is 6.67. The number of fused-ring (bicyclic) bond motifs is 1. The van der Waals surface area contributed by atoms with Gasteiger partial charge in [0.05, 0.1) is 30.5 Å². The monoisotopic (exact) mass is 414 g/mol. The number of hydrogen-bond acceptors (Lipinski definition) is 9. The number of aromatic nitrogens is 4. The lowest BCUT2D eigenvalue weighted by molar-refractivity contribution is 0.000143. The molecule has 0 aromatic carbocycles. The number of aliphatic hydroxyl groups excluding tert-OH is 3. The summed E-state index contributed by atoms with van der Waals surface area (Å²) in [6, 6.07) is 4.35. The Morgan fingerprint density at radius 3 is 2.83 bits per heavy atom. The first-order chi connectivity index (χ1) is 14.4. The van der Waals surface area contributed by atoms with Crippen LogP contribution in [0.25, 0.3) is 16.8 Å². The Balaban J connectivity index is 1.73. The number of amides is 1. The Kier molecular flexibility index (Phi) is 5.24. The van der Waals surface area contributed by atoms with Crippen LogP contribution >= 0.6 is 0 Å². The molecule has 1 saturated carbocycles. The number of rotatable bonds is 5. The fourth-order valence-electron chi connectivity index (χ4n) is 3.82. The Labute approximate surface area is 171 Å². The van der Waals surface area contributed by atoms with E-state index < -0.39 is 30.1 Å². The lowest BCUT2D eigenvalue weighted by atomic mass is 10.1. The lowest BCUT2D eigenvalue weighted by Gasteiger charge is -2.17. The predicted octanol–water partition coefficient (Wildman–Crippen LogP) is -0.785. The van der Waals surface area contributed by atoms with Crippen molar-refractivity contribution in [2.24, 2.45) is 5.92 Å². The summed E-state index contributed by atoms with van der Waals surface area (Å²) in [6.07, 6.45) is 0.811. The van der Waals surface area contributed by atoms with Gasteiger partial charge in [-0.15, -0.1) is 0 Å². The predicted molar refractivity (Wildman–Crippen MR) is 106 cm³/mol. The van der Waals surface area contributed by atoms with Crippen LogP contribution < -0.4 is 15.8 Å². The van der Waals surface area contributed by atoms with Crippen LogP contribution in [0.4, 0.5) is 5.82 Å². The molecule has 3 heterocycles. The number of nitrogens with zero attached hydrogens (tertiary/aromatic N) is 4. The molecule has 6 N–H and O–H groups in total. The largest absolute Gasteiger partial charge is 0.481 e. The highest BCUT2D eigenvalue weighted by Gasteiger charge is 2.42. The van der Waals surface area contributed by atoms with Crippen molar-refractivity contribution in [3.63, 3.8) is 0 Å². The Bertz CT molecular complexity index is 1090. The molecular weight excluding hydrogens is 392 g/mol. The minimum Gasteiger partial charge on any atom is -0.481 e. The maximum atomic E-state index is 13.1. The van der Waals surface area contributed by atoms with Crippen LogP contribution in [0.5, 0.6) is 5.88 Å². The normalized spacial score (nSPS) is 23.6. The average molecular weight is 414 g/mol. The molecule has 1 amide bonds. The molecule has 0 unspecified atom stereocenters. The van der Waals surface area contributed by atoms with Crippen LogP contribution in [0.1, 0.15) is 16.8 Å². The fourth-order valence-corrected chi connectivity index (χ4v) is 3.82. The van der Waals surface area contributed by atoms with Gasteiger partial charge in [-0.25, -0.2) is 14.5 Å². The Morgan fingerprint density at radius 2 is 2.13 bits per heavy atom. The van der Waals surface area contributed by atoms with Crippen LogP contribution in [-0.2, 0) is 0 Å². The molecule has 4 rings (SSSR count). The summed E-state index contributed by atoms with van der Waals surface area (Å²) in [4.78, 5) is 21.1. The van der Waals surface area contributed by atoms with Crippen molar-refractivity contribution in [3.8, 4) is 17.1 Å². The van der Waals surface area contributed by atoms with Crippen molar-refractivity contribution in [1.82, 2.24) is 24.9 Å². The van der Waals surface area contributed by atoms with Crippen molar-refractivity contribution in [1.29, 1.82) is 0 Å². The summed E-state index contributed by atoms with van der Waals surface area (Å²) in [6.45, 7) is -0.283. The molecule has 3 aromatic rings. The van der Waals surface area contributed by atoms with Crippen LogP contribution in [0, 0.1) is 5.92 Å². The fraction of sp³-hybridized carbons (Fsp3) is 0.368. The number of nitrogens with two attached hydrogens (primary N) is 1. The average Bonchev–Trinajstić information content (AvgIpc) is 3.28. The highest BCUT2D eigenvalue weighted by Crippen LogP contribution is 2.30. The van der Waals surface area contributed by atoms with E-state index in [1.54, 1.807) is 24.4 Å². The number of nitrogen functional groups attached to an aromatic ring is 1. The number of carbonyl (C=O) groups excluding carboxylic acids is 1. The van der Waals surface area contributed by atoms with E-state index in [0.29, 0.717) is 22.7 Å². The van der Waals surface area contributed by atoms with Gasteiger partial charge in [-0.05, 0) is 18.6 Å². The van der Waals surface area contributed by atoms with Gasteiger partial charge in [0.25, 0.3) is 5.91 Å². The molecule has 0 saturated heterocycles. The topological polar surface area (TPSA) is 168 Å². The zero-order valence-electron chi connectivity index (χ0n) is 16.1. The highest BCUT2D eigenvalue weighted by atomic mass is 16.5. The summed E-state index contributed by atoms with van der Waals surface area (Å²) >= 11 is 0. The number of pyridine rings is 1. The molecule has 1 aliphatic rings. The van der Waals surface area contributed by atoms with Gasteiger partial charge in [-0.2, -0.15) is 5.10 Å². The second kappa shape index (κ2) is 7.86.